The summed E-state index contributed by atoms with van der Waals surface area (Å²) < 4.78 is 5.55. The third kappa shape index (κ3) is 2.53. The molecule has 0 amide bonds. The molecule has 3 fully saturated rings. The van der Waals surface area contributed by atoms with E-state index in [1.165, 1.54) is 0 Å². The molecule has 3 aliphatic heterocycles. The van der Waals surface area contributed by atoms with Gasteiger partial charge in [-0.15, -0.1) is 0 Å². The molecular weight excluding hydrogens is 242 g/mol. The third-order valence-electron chi connectivity index (χ3n) is 4.74. The molecule has 19 heavy (non-hydrogen) atoms. The van der Waals surface area contributed by atoms with Gasteiger partial charge in [0.05, 0.1) is 13.2 Å². The number of likely N-dealkylation sites (N-methyl/N-ethyl adjacent to an activating group) is 1. The summed E-state index contributed by atoms with van der Waals surface area (Å²) in [6.45, 7) is 11.5. The van der Waals surface area contributed by atoms with Crippen LogP contribution in [-0.2, 0) is 4.74 Å². The molecule has 6 nitrogen and oxygen atoms in total. The van der Waals surface area contributed by atoms with Crippen LogP contribution in [0.25, 0.3) is 0 Å². The molecule has 0 aliphatic carbocycles. The van der Waals surface area contributed by atoms with E-state index in [-0.39, 0.29) is 5.79 Å². The Morgan fingerprint density at radius 1 is 0.842 bits per heavy atom. The smallest absolute Gasteiger partial charge is 0.144 e. The van der Waals surface area contributed by atoms with Gasteiger partial charge in [-0.25, -0.2) is 0 Å². The molecule has 1 atom stereocenters. The zero-order valence-corrected chi connectivity index (χ0v) is 12.0. The second kappa shape index (κ2) is 6.03. The van der Waals surface area contributed by atoms with Crippen LogP contribution < -0.4 is 10.6 Å². The van der Waals surface area contributed by atoms with Crippen LogP contribution in [0.2, 0.25) is 0 Å². The topological polar surface area (TPSA) is 43.0 Å². The molecule has 0 aromatic heterocycles. The molecule has 6 heteroatoms. The minimum absolute atomic E-state index is 0.0458. The largest absolute Gasteiger partial charge is 0.379 e. The van der Waals surface area contributed by atoms with Crippen LogP contribution in [0, 0.1) is 0 Å². The summed E-state index contributed by atoms with van der Waals surface area (Å²) >= 11 is 0. The van der Waals surface area contributed by atoms with Crippen LogP contribution in [0.1, 0.15) is 0 Å². The Balaban J connectivity index is 1.84. The lowest BCUT2D eigenvalue weighted by atomic mass is 10.1. The van der Waals surface area contributed by atoms with Crippen molar-refractivity contribution in [3.63, 3.8) is 0 Å². The van der Waals surface area contributed by atoms with Crippen molar-refractivity contribution in [3.8, 4) is 0 Å². The number of piperazine rings is 2. The van der Waals surface area contributed by atoms with E-state index in [9.17, 15) is 0 Å². The quantitative estimate of drug-likeness (QED) is 0.630. The van der Waals surface area contributed by atoms with E-state index >= 15 is 0 Å². The van der Waals surface area contributed by atoms with Crippen LogP contribution in [0.15, 0.2) is 0 Å². The molecule has 3 saturated heterocycles. The summed E-state index contributed by atoms with van der Waals surface area (Å²) in [5.74, 6) is 0.0458. The maximum absolute atomic E-state index is 5.55. The van der Waals surface area contributed by atoms with Gasteiger partial charge in [0.2, 0.25) is 0 Å². The van der Waals surface area contributed by atoms with Crippen molar-refractivity contribution < 1.29 is 4.74 Å². The van der Waals surface area contributed by atoms with Crippen molar-refractivity contribution in [2.24, 2.45) is 0 Å². The standard InChI is InChI=1S/C13H27N5O/c1-16-5-2-15-12-13(16,17-6-3-14-4-7-17)18-8-10-19-11-9-18/h14-15H,2-12H2,1H3. The Kier molecular flexibility index (Phi) is 4.36. The fourth-order valence-electron chi connectivity index (χ4n) is 3.67. The summed E-state index contributed by atoms with van der Waals surface area (Å²) in [6.07, 6.45) is 0. The SMILES string of the molecule is CN1CCNCC1(N1CCNCC1)N1CCOCC1. The van der Waals surface area contributed by atoms with Gasteiger partial charge in [0.15, 0.2) is 0 Å². The lowest BCUT2D eigenvalue weighted by molar-refractivity contribution is -0.191. The first kappa shape index (κ1) is 13.7. The minimum Gasteiger partial charge on any atom is -0.379 e. The Labute approximate surface area is 116 Å². The van der Waals surface area contributed by atoms with E-state index < -0.39 is 0 Å². The average Bonchev–Trinajstić information content (AvgIpc) is 2.50. The molecule has 2 N–H and O–H groups in total. The maximum atomic E-state index is 5.55. The Morgan fingerprint density at radius 3 is 2.16 bits per heavy atom. The number of nitrogens with zero attached hydrogens (tertiary/aromatic N) is 3. The number of morpholine rings is 1. The Hall–Kier alpha value is -0.240. The first-order chi connectivity index (χ1) is 9.34. The first-order valence-electron chi connectivity index (χ1n) is 7.54. The summed E-state index contributed by atoms with van der Waals surface area (Å²) in [5.41, 5.74) is 0. The average molecular weight is 269 g/mol. The van der Waals surface area contributed by atoms with E-state index in [2.05, 4.69) is 32.4 Å². The van der Waals surface area contributed by atoms with Gasteiger partial charge in [0, 0.05) is 58.9 Å². The molecule has 3 heterocycles. The van der Waals surface area contributed by atoms with E-state index in [0.717, 1.165) is 72.1 Å². The number of ether oxygens (including phenoxy) is 1. The summed E-state index contributed by atoms with van der Waals surface area (Å²) in [6, 6.07) is 0. The van der Waals surface area contributed by atoms with Crippen LogP contribution in [-0.4, -0.2) is 99.7 Å². The molecule has 110 valence electrons. The molecule has 1 unspecified atom stereocenters. The number of rotatable bonds is 2. The molecule has 3 rings (SSSR count). The molecule has 3 aliphatic rings. The number of nitrogens with one attached hydrogen (secondary N) is 2. The highest BCUT2D eigenvalue weighted by Crippen LogP contribution is 2.27. The monoisotopic (exact) mass is 269 g/mol. The summed E-state index contributed by atoms with van der Waals surface area (Å²) in [5, 5.41) is 7.08. The normalized spacial score (nSPS) is 36.5. The zero-order valence-electron chi connectivity index (χ0n) is 12.0. The van der Waals surface area contributed by atoms with Crippen LogP contribution in [0.5, 0.6) is 0 Å². The summed E-state index contributed by atoms with van der Waals surface area (Å²) in [7, 11) is 2.28. The fraction of sp³-hybridized carbons (Fsp3) is 1.00. The second-order valence-corrected chi connectivity index (χ2v) is 5.71. The van der Waals surface area contributed by atoms with Gasteiger partial charge >= 0.3 is 0 Å². The van der Waals surface area contributed by atoms with Crippen LogP contribution in [0.4, 0.5) is 0 Å². The highest BCUT2D eigenvalue weighted by atomic mass is 16.5. The lowest BCUT2D eigenvalue weighted by Gasteiger charge is -2.59. The van der Waals surface area contributed by atoms with Crippen molar-refractivity contribution in [1.82, 2.24) is 25.3 Å². The highest BCUT2D eigenvalue weighted by Gasteiger charge is 2.47. The molecule has 0 radical (unpaired) electrons. The van der Waals surface area contributed by atoms with Gasteiger partial charge in [0.1, 0.15) is 5.79 Å². The highest BCUT2D eigenvalue weighted by molar-refractivity contribution is 4.96. The molecule has 0 saturated carbocycles. The molecule has 0 aromatic rings. The predicted molar refractivity (Wildman–Crippen MR) is 75.1 cm³/mol. The second-order valence-electron chi connectivity index (χ2n) is 5.71. The maximum Gasteiger partial charge on any atom is 0.144 e. The molecular formula is C13H27N5O. The predicted octanol–water partition coefficient (Wildman–Crippen LogP) is -1.59. The van der Waals surface area contributed by atoms with Gasteiger partial charge in [-0.1, -0.05) is 0 Å². The molecule has 0 bridgehead atoms. The minimum atomic E-state index is 0.0458. The molecule has 0 aromatic carbocycles. The van der Waals surface area contributed by atoms with E-state index in [4.69, 9.17) is 4.74 Å². The van der Waals surface area contributed by atoms with Gasteiger partial charge in [-0.05, 0) is 7.05 Å². The van der Waals surface area contributed by atoms with Gasteiger partial charge in [-0.3, -0.25) is 14.7 Å². The van der Waals surface area contributed by atoms with Gasteiger partial charge < -0.3 is 15.4 Å². The van der Waals surface area contributed by atoms with Crippen molar-refractivity contribution >= 4 is 0 Å². The van der Waals surface area contributed by atoms with E-state index in [1.807, 2.05) is 0 Å². The van der Waals surface area contributed by atoms with Crippen LogP contribution >= 0.6 is 0 Å². The van der Waals surface area contributed by atoms with E-state index in [0.29, 0.717) is 0 Å². The first-order valence-corrected chi connectivity index (χ1v) is 7.54. The van der Waals surface area contributed by atoms with Crippen LogP contribution in [0.3, 0.4) is 0 Å². The summed E-state index contributed by atoms with van der Waals surface area (Å²) in [4.78, 5) is 7.81. The Morgan fingerprint density at radius 2 is 1.47 bits per heavy atom. The van der Waals surface area contributed by atoms with Crippen molar-refractivity contribution in [2.45, 2.75) is 5.79 Å². The third-order valence-corrected chi connectivity index (χ3v) is 4.74. The van der Waals surface area contributed by atoms with Gasteiger partial charge in [-0.2, -0.15) is 0 Å². The number of hydrogen-bond acceptors (Lipinski definition) is 6. The number of hydrogen-bond donors (Lipinski definition) is 2. The lowest BCUT2D eigenvalue weighted by Crippen LogP contribution is -2.78. The molecule has 0 spiro atoms. The van der Waals surface area contributed by atoms with Gasteiger partial charge in [0.25, 0.3) is 0 Å². The fourth-order valence-corrected chi connectivity index (χ4v) is 3.67. The van der Waals surface area contributed by atoms with Crippen molar-refractivity contribution in [3.05, 3.63) is 0 Å². The van der Waals surface area contributed by atoms with Crippen molar-refractivity contribution in [1.29, 1.82) is 0 Å². The van der Waals surface area contributed by atoms with E-state index in [1.54, 1.807) is 0 Å². The Bertz CT molecular complexity index is 271. The van der Waals surface area contributed by atoms with Crippen molar-refractivity contribution in [2.75, 3.05) is 79.2 Å². The zero-order chi connectivity index (χ0) is 13.1.